The van der Waals surface area contributed by atoms with Crippen LogP contribution in [0.5, 0.6) is 5.75 Å². The minimum absolute atomic E-state index is 0.145. The molecule has 1 aliphatic heterocycles. The number of carbonyl (C=O) groups excluding carboxylic acids is 2. The Bertz CT molecular complexity index is 838. The smallest absolute Gasteiger partial charge is 0.254 e. The lowest BCUT2D eigenvalue weighted by Crippen LogP contribution is -2.37. The van der Waals surface area contributed by atoms with E-state index in [0.717, 1.165) is 22.6 Å². The van der Waals surface area contributed by atoms with Gasteiger partial charge in [0.25, 0.3) is 5.91 Å². The molecule has 0 bridgehead atoms. The second-order valence-corrected chi connectivity index (χ2v) is 6.78. The van der Waals surface area contributed by atoms with Crippen LogP contribution in [0, 0.1) is 6.92 Å². The van der Waals surface area contributed by atoms with Gasteiger partial charge in [-0.1, -0.05) is 23.7 Å². The Balaban J connectivity index is 1.66. The van der Waals surface area contributed by atoms with Crippen molar-refractivity contribution in [3.63, 3.8) is 0 Å². The summed E-state index contributed by atoms with van der Waals surface area (Å²) in [5.74, 6) is 0.424. The number of anilines is 1. The van der Waals surface area contributed by atoms with Crippen LogP contribution in [-0.2, 0) is 9.59 Å². The van der Waals surface area contributed by atoms with Gasteiger partial charge >= 0.3 is 0 Å². The fourth-order valence-corrected chi connectivity index (χ4v) is 3.28. The number of rotatable bonds is 6. The Labute approximate surface area is 157 Å². The lowest BCUT2D eigenvalue weighted by molar-refractivity contribution is -0.126. The first kappa shape index (κ1) is 18.3. The molecule has 0 saturated heterocycles. The van der Waals surface area contributed by atoms with E-state index in [9.17, 15) is 9.59 Å². The SMILES string of the molecule is CC(=O)NC1C(=O)N(CCCOc2cccc(C)c2)c2ccc(Cl)cc21. The van der Waals surface area contributed by atoms with Gasteiger partial charge in [0.05, 0.1) is 6.61 Å². The number of hydrogen-bond acceptors (Lipinski definition) is 3. The minimum Gasteiger partial charge on any atom is -0.494 e. The first-order valence-electron chi connectivity index (χ1n) is 8.53. The van der Waals surface area contributed by atoms with Crippen LogP contribution in [0.2, 0.25) is 5.02 Å². The van der Waals surface area contributed by atoms with E-state index in [2.05, 4.69) is 5.32 Å². The van der Waals surface area contributed by atoms with Crippen LogP contribution in [-0.4, -0.2) is 25.0 Å². The number of aryl methyl sites for hydroxylation is 1. The number of fused-ring (bicyclic) bond motifs is 1. The third kappa shape index (κ3) is 3.99. The van der Waals surface area contributed by atoms with Crippen molar-refractivity contribution >= 4 is 29.1 Å². The molecule has 6 heteroatoms. The van der Waals surface area contributed by atoms with Gasteiger partial charge in [0.15, 0.2) is 0 Å². The monoisotopic (exact) mass is 372 g/mol. The number of hydrogen-bond donors (Lipinski definition) is 1. The zero-order valence-electron chi connectivity index (χ0n) is 14.8. The molecule has 0 saturated carbocycles. The van der Waals surface area contributed by atoms with Crippen molar-refractivity contribution in [3.8, 4) is 5.75 Å². The van der Waals surface area contributed by atoms with Gasteiger partial charge in [0.1, 0.15) is 11.8 Å². The number of nitrogens with zero attached hydrogens (tertiary/aromatic N) is 1. The van der Waals surface area contributed by atoms with Crippen molar-refractivity contribution < 1.29 is 14.3 Å². The fraction of sp³-hybridized carbons (Fsp3) is 0.300. The summed E-state index contributed by atoms with van der Waals surface area (Å²) in [5.41, 5.74) is 2.66. The van der Waals surface area contributed by atoms with E-state index in [-0.39, 0.29) is 11.8 Å². The number of nitrogens with one attached hydrogen (secondary N) is 1. The molecule has 26 heavy (non-hydrogen) atoms. The summed E-state index contributed by atoms with van der Waals surface area (Å²) in [4.78, 5) is 25.9. The van der Waals surface area contributed by atoms with Crippen LogP contribution in [0.25, 0.3) is 0 Å². The predicted octanol–water partition coefficient (Wildman–Crippen LogP) is 3.64. The van der Waals surface area contributed by atoms with E-state index in [1.165, 1.54) is 6.92 Å². The summed E-state index contributed by atoms with van der Waals surface area (Å²) in [6.45, 7) is 4.42. The van der Waals surface area contributed by atoms with Gasteiger partial charge in [-0.3, -0.25) is 9.59 Å². The van der Waals surface area contributed by atoms with Gasteiger partial charge in [-0.2, -0.15) is 0 Å². The van der Waals surface area contributed by atoms with Crippen molar-refractivity contribution in [2.75, 3.05) is 18.1 Å². The highest BCUT2D eigenvalue weighted by Gasteiger charge is 2.37. The molecule has 5 nitrogen and oxygen atoms in total. The van der Waals surface area contributed by atoms with Crippen LogP contribution in [0.15, 0.2) is 42.5 Å². The quantitative estimate of drug-likeness (QED) is 0.787. The maximum atomic E-state index is 12.7. The summed E-state index contributed by atoms with van der Waals surface area (Å²) in [6.07, 6.45) is 0.675. The van der Waals surface area contributed by atoms with Gasteiger partial charge < -0.3 is 15.0 Å². The third-order valence-corrected chi connectivity index (χ3v) is 4.47. The molecule has 0 spiro atoms. The molecule has 0 fully saturated rings. The van der Waals surface area contributed by atoms with Crippen molar-refractivity contribution in [1.82, 2.24) is 5.32 Å². The Morgan fingerprint density at radius 1 is 1.27 bits per heavy atom. The lowest BCUT2D eigenvalue weighted by Gasteiger charge is -2.18. The molecule has 2 aromatic rings. The summed E-state index contributed by atoms with van der Waals surface area (Å²) < 4.78 is 5.75. The molecule has 2 amide bonds. The maximum Gasteiger partial charge on any atom is 0.254 e. The Morgan fingerprint density at radius 3 is 2.81 bits per heavy atom. The topological polar surface area (TPSA) is 58.6 Å². The molecule has 0 radical (unpaired) electrons. The minimum atomic E-state index is -0.682. The van der Waals surface area contributed by atoms with E-state index in [1.54, 1.807) is 17.0 Å². The average molecular weight is 373 g/mol. The van der Waals surface area contributed by atoms with Gasteiger partial charge in [0, 0.05) is 29.7 Å². The van der Waals surface area contributed by atoms with E-state index >= 15 is 0 Å². The van der Waals surface area contributed by atoms with Crippen molar-refractivity contribution in [1.29, 1.82) is 0 Å². The maximum absolute atomic E-state index is 12.7. The highest BCUT2D eigenvalue weighted by Crippen LogP contribution is 2.37. The van der Waals surface area contributed by atoms with Crippen LogP contribution >= 0.6 is 11.6 Å². The molecule has 0 aromatic heterocycles. The van der Waals surface area contributed by atoms with Gasteiger partial charge in [-0.25, -0.2) is 0 Å². The number of carbonyl (C=O) groups is 2. The Kier molecular flexibility index (Phi) is 5.47. The van der Waals surface area contributed by atoms with E-state index < -0.39 is 6.04 Å². The molecular formula is C20H21ClN2O3. The summed E-state index contributed by atoms with van der Waals surface area (Å²) >= 11 is 6.07. The molecule has 0 aliphatic carbocycles. The number of halogens is 1. The van der Waals surface area contributed by atoms with Crippen LogP contribution in [0.4, 0.5) is 5.69 Å². The van der Waals surface area contributed by atoms with Crippen molar-refractivity contribution in [3.05, 3.63) is 58.6 Å². The van der Waals surface area contributed by atoms with Crippen molar-refractivity contribution in [2.24, 2.45) is 0 Å². The first-order chi connectivity index (χ1) is 12.5. The van der Waals surface area contributed by atoms with E-state index in [0.29, 0.717) is 24.6 Å². The third-order valence-electron chi connectivity index (χ3n) is 4.24. The Morgan fingerprint density at radius 2 is 2.08 bits per heavy atom. The zero-order valence-corrected chi connectivity index (χ0v) is 15.5. The largest absolute Gasteiger partial charge is 0.494 e. The lowest BCUT2D eigenvalue weighted by atomic mass is 10.1. The fourth-order valence-electron chi connectivity index (χ4n) is 3.10. The van der Waals surface area contributed by atoms with Crippen LogP contribution in [0.1, 0.15) is 30.5 Å². The normalized spacial score (nSPS) is 15.7. The highest BCUT2D eigenvalue weighted by atomic mass is 35.5. The molecular weight excluding hydrogens is 352 g/mol. The van der Waals surface area contributed by atoms with Crippen LogP contribution < -0.4 is 15.0 Å². The molecule has 3 rings (SSSR count). The Hall–Kier alpha value is -2.53. The summed E-state index contributed by atoms with van der Waals surface area (Å²) in [7, 11) is 0. The molecule has 1 atom stereocenters. The van der Waals surface area contributed by atoms with Gasteiger partial charge in [-0.05, 0) is 49.2 Å². The van der Waals surface area contributed by atoms with Gasteiger partial charge in [-0.15, -0.1) is 0 Å². The van der Waals surface area contributed by atoms with Gasteiger partial charge in [0.2, 0.25) is 5.91 Å². The highest BCUT2D eigenvalue weighted by molar-refractivity contribution is 6.31. The molecule has 2 aromatic carbocycles. The molecule has 1 aliphatic rings. The average Bonchev–Trinajstić information content (AvgIpc) is 2.83. The molecule has 1 heterocycles. The molecule has 1 unspecified atom stereocenters. The summed E-state index contributed by atoms with van der Waals surface area (Å²) in [5, 5.41) is 3.25. The standard InChI is InChI=1S/C20H21ClN2O3/c1-13-5-3-6-16(11-13)26-10-4-9-23-18-8-7-15(21)12-17(18)19(20(23)25)22-14(2)24/h3,5-8,11-12,19H,4,9-10H2,1-2H3,(H,22,24). The van der Waals surface area contributed by atoms with Crippen LogP contribution in [0.3, 0.4) is 0 Å². The number of ether oxygens (including phenoxy) is 1. The molecule has 1 N–H and O–H groups in total. The second kappa shape index (κ2) is 7.79. The first-order valence-corrected chi connectivity index (χ1v) is 8.91. The second-order valence-electron chi connectivity index (χ2n) is 6.35. The van der Waals surface area contributed by atoms with Crippen molar-refractivity contribution in [2.45, 2.75) is 26.3 Å². The number of benzene rings is 2. The van der Waals surface area contributed by atoms with E-state index in [1.807, 2.05) is 37.3 Å². The molecule has 136 valence electrons. The predicted molar refractivity (Wildman–Crippen MR) is 102 cm³/mol. The number of amides is 2. The summed E-state index contributed by atoms with van der Waals surface area (Å²) in [6, 6.07) is 12.5. The zero-order chi connectivity index (χ0) is 18.7. The van der Waals surface area contributed by atoms with E-state index in [4.69, 9.17) is 16.3 Å².